The fourth-order valence-electron chi connectivity index (χ4n) is 4.23. The number of pyridine rings is 1. The fourth-order valence-corrected chi connectivity index (χ4v) is 4.23. The molecule has 0 spiro atoms. The molecule has 1 N–H and O–H groups in total. The van der Waals surface area contributed by atoms with Crippen molar-refractivity contribution in [2.24, 2.45) is 0 Å². The van der Waals surface area contributed by atoms with Crippen molar-refractivity contribution in [1.29, 1.82) is 0 Å². The van der Waals surface area contributed by atoms with Crippen LogP contribution in [0, 0.1) is 6.92 Å². The summed E-state index contributed by atoms with van der Waals surface area (Å²) in [6.45, 7) is 7.88. The lowest BCUT2D eigenvalue weighted by atomic mass is 10.0. The van der Waals surface area contributed by atoms with Gasteiger partial charge in [-0.25, -0.2) is 0 Å². The molecular weight excluding hydrogens is 290 g/mol. The molecule has 1 aromatic rings. The van der Waals surface area contributed by atoms with Gasteiger partial charge in [0.1, 0.15) is 5.56 Å². The number of amides is 1. The Morgan fingerprint density at radius 3 is 2.52 bits per heavy atom. The van der Waals surface area contributed by atoms with E-state index < -0.39 is 0 Å². The van der Waals surface area contributed by atoms with Crippen molar-refractivity contribution < 1.29 is 4.79 Å². The van der Waals surface area contributed by atoms with Crippen LogP contribution >= 0.6 is 0 Å². The van der Waals surface area contributed by atoms with Crippen LogP contribution < -0.4 is 5.56 Å². The van der Waals surface area contributed by atoms with E-state index in [0.29, 0.717) is 18.1 Å². The average molecular weight is 317 g/mol. The number of H-pyrrole nitrogens is 1. The van der Waals surface area contributed by atoms with Crippen molar-refractivity contribution in [2.75, 3.05) is 13.1 Å². The summed E-state index contributed by atoms with van der Waals surface area (Å²) in [6.07, 6.45) is 4.63. The fraction of sp³-hybridized carbons (Fsp3) is 0.667. The van der Waals surface area contributed by atoms with Crippen molar-refractivity contribution >= 4 is 5.91 Å². The largest absolute Gasteiger partial charge is 0.337 e. The van der Waals surface area contributed by atoms with Crippen LogP contribution in [-0.4, -0.2) is 51.9 Å². The minimum atomic E-state index is -0.278. The van der Waals surface area contributed by atoms with Gasteiger partial charge < -0.3 is 9.88 Å². The summed E-state index contributed by atoms with van der Waals surface area (Å²) < 4.78 is 0. The molecule has 5 heteroatoms. The van der Waals surface area contributed by atoms with Crippen molar-refractivity contribution in [3.63, 3.8) is 0 Å². The first kappa shape index (κ1) is 16.2. The molecule has 2 aliphatic rings. The van der Waals surface area contributed by atoms with E-state index in [-0.39, 0.29) is 17.0 Å². The summed E-state index contributed by atoms with van der Waals surface area (Å²) in [7, 11) is 0. The Balaban J connectivity index is 1.75. The quantitative estimate of drug-likeness (QED) is 0.909. The molecule has 126 valence electrons. The number of nitrogens with zero attached hydrogens (tertiary/aromatic N) is 2. The number of rotatable bonds is 2. The van der Waals surface area contributed by atoms with E-state index >= 15 is 0 Å². The second-order valence-electron chi connectivity index (χ2n) is 7.15. The van der Waals surface area contributed by atoms with Crippen LogP contribution in [0.25, 0.3) is 0 Å². The van der Waals surface area contributed by atoms with E-state index in [1.165, 1.54) is 12.8 Å². The van der Waals surface area contributed by atoms with Crippen LogP contribution in [0.3, 0.4) is 0 Å². The normalized spacial score (nSPS) is 29.0. The maximum absolute atomic E-state index is 12.7. The molecule has 3 rings (SSSR count). The second kappa shape index (κ2) is 6.48. The van der Waals surface area contributed by atoms with Gasteiger partial charge in [0.25, 0.3) is 11.5 Å². The summed E-state index contributed by atoms with van der Waals surface area (Å²) in [5.41, 5.74) is 0.765. The molecule has 3 heterocycles. The van der Waals surface area contributed by atoms with Crippen LogP contribution in [0.15, 0.2) is 16.9 Å². The van der Waals surface area contributed by atoms with E-state index in [2.05, 4.69) is 23.7 Å². The molecular formula is C18H27N3O2. The van der Waals surface area contributed by atoms with Gasteiger partial charge in [-0.2, -0.15) is 0 Å². The number of aromatic nitrogens is 1. The number of carbonyl (C=O) groups excluding carboxylic acids is 1. The number of nitrogens with one attached hydrogen (secondary N) is 1. The summed E-state index contributed by atoms with van der Waals surface area (Å²) in [4.78, 5) is 32.0. The predicted molar refractivity (Wildman–Crippen MR) is 90.7 cm³/mol. The molecule has 0 aromatic carbocycles. The predicted octanol–water partition coefficient (Wildman–Crippen LogP) is 2.16. The van der Waals surface area contributed by atoms with Crippen molar-refractivity contribution in [3.05, 3.63) is 33.7 Å². The van der Waals surface area contributed by atoms with Crippen molar-refractivity contribution in [2.45, 2.75) is 64.6 Å². The highest BCUT2D eigenvalue weighted by atomic mass is 16.2. The molecule has 1 amide bonds. The van der Waals surface area contributed by atoms with E-state index in [1.54, 1.807) is 12.1 Å². The van der Waals surface area contributed by atoms with Crippen LogP contribution in [0.4, 0.5) is 0 Å². The second-order valence-corrected chi connectivity index (χ2v) is 7.15. The van der Waals surface area contributed by atoms with E-state index in [4.69, 9.17) is 0 Å². The topological polar surface area (TPSA) is 56.4 Å². The zero-order valence-corrected chi connectivity index (χ0v) is 14.3. The molecule has 2 aliphatic heterocycles. The molecule has 23 heavy (non-hydrogen) atoms. The van der Waals surface area contributed by atoms with Gasteiger partial charge in [0.15, 0.2) is 0 Å². The molecule has 1 aromatic heterocycles. The first-order valence-corrected chi connectivity index (χ1v) is 8.74. The van der Waals surface area contributed by atoms with Gasteiger partial charge in [-0.3, -0.25) is 14.5 Å². The minimum absolute atomic E-state index is 0.129. The number of aryl methyl sites for hydroxylation is 1. The third kappa shape index (κ3) is 3.20. The van der Waals surface area contributed by atoms with Crippen molar-refractivity contribution in [3.8, 4) is 0 Å². The Morgan fingerprint density at radius 1 is 1.17 bits per heavy atom. The zero-order valence-electron chi connectivity index (χ0n) is 14.3. The van der Waals surface area contributed by atoms with Gasteiger partial charge in [0, 0.05) is 36.9 Å². The summed E-state index contributed by atoms with van der Waals surface area (Å²) >= 11 is 0. The third-order valence-corrected chi connectivity index (χ3v) is 5.41. The number of hydrogen-bond acceptors (Lipinski definition) is 3. The van der Waals surface area contributed by atoms with E-state index in [0.717, 1.165) is 31.6 Å². The van der Waals surface area contributed by atoms with Gasteiger partial charge in [0.05, 0.1) is 0 Å². The highest BCUT2D eigenvalue weighted by Crippen LogP contribution is 2.30. The molecule has 0 bridgehead atoms. The smallest absolute Gasteiger partial charge is 0.260 e. The lowest BCUT2D eigenvalue weighted by Gasteiger charge is -2.41. The SMILES string of the molecule is Cc1ccc(C(=O)N2CCC[C@@H](N3[C@H](C)CC[C@@H]3C)C2)c(=O)[nH]1. The third-order valence-electron chi connectivity index (χ3n) is 5.41. The Bertz CT molecular complexity index is 629. The summed E-state index contributed by atoms with van der Waals surface area (Å²) in [6, 6.07) is 5.05. The van der Waals surface area contributed by atoms with Gasteiger partial charge in [0.2, 0.25) is 0 Å². The van der Waals surface area contributed by atoms with E-state index in [9.17, 15) is 9.59 Å². The number of hydrogen-bond donors (Lipinski definition) is 1. The van der Waals surface area contributed by atoms with Gasteiger partial charge in [-0.15, -0.1) is 0 Å². The van der Waals surface area contributed by atoms with Crippen LogP contribution in [0.5, 0.6) is 0 Å². The Kier molecular flexibility index (Phi) is 4.57. The van der Waals surface area contributed by atoms with Gasteiger partial charge >= 0.3 is 0 Å². The highest BCUT2D eigenvalue weighted by Gasteiger charge is 2.36. The van der Waals surface area contributed by atoms with Crippen molar-refractivity contribution in [1.82, 2.24) is 14.8 Å². The maximum atomic E-state index is 12.7. The molecule has 0 unspecified atom stereocenters. The Hall–Kier alpha value is -1.62. The number of likely N-dealkylation sites (tertiary alicyclic amines) is 2. The van der Waals surface area contributed by atoms with Gasteiger partial charge in [-0.1, -0.05) is 0 Å². The van der Waals surface area contributed by atoms with Gasteiger partial charge in [-0.05, 0) is 58.6 Å². The number of carbonyl (C=O) groups is 1. The number of aromatic amines is 1. The lowest BCUT2D eigenvalue weighted by Crippen LogP contribution is -2.53. The lowest BCUT2D eigenvalue weighted by molar-refractivity contribution is 0.0485. The Morgan fingerprint density at radius 2 is 1.87 bits per heavy atom. The molecule has 5 nitrogen and oxygen atoms in total. The zero-order chi connectivity index (χ0) is 16.6. The minimum Gasteiger partial charge on any atom is -0.337 e. The molecule has 0 aliphatic carbocycles. The molecule has 0 radical (unpaired) electrons. The molecule has 3 atom stereocenters. The standard InChI is InChI=1S/C18H27N3O2/c1-12-6-9-16(17(22)19-12)18(23)20-10-4-5-15(11-20)21-13(2)7-8-14(21)3/h6,9,13-15H,4-5,7-8,10-11H2,1-3H3,(H,19,22)/t13-,14+,15-/m1/s1. The maximum Gasteiger partial charge on any atom is 0.260 e. The Labute approximate surface area is 137 Å². The first-order valence-electron chi connectivity index (χ1n) is 8.74. The molecule has 2 fully saturated rings. The van der Waals surface area contributed by atoms with Crippen LogP contribution in [-0.2, 0) is 0 Å². The highest BCUT2D eigenvalue weighted by molar-refractivity contribution is 5.93. The summed E-state index contributed by atoms with van der Waals surface area (Å²) in [5.74, 6) is -0.129. The molecule has 2 saturated heterocycles. The monoisotopic (exact) mass is 317 g/mol. The van der Waals surface area contributed by atoms with Crippen LogP contribution in [0.1, 0.15) is 55.6 Å². The van der Waals surface area contributed by atoms with E-state index in [1.807, 2.05) is 11.8 Å². The number of piperidine rings is 1. The molecule has 0 saturated carbocycles. The summed E-state index contributed by atoms with van der Waals surface area (Å²) in [5, 5.41) is 0. The van der Waals surface area contributed by atoms with Crippen LogP contribution in [0.2, 0.25) is 0 Å². The first-order chi connectivity index (χ1) is 11.0. The average Bonchev–Trinajstić information content (AvgIpc) is 2.86.